The van der Waals surface area contributed by atoms with Crippen LogP contribution in [0.4, 0.5) is 0 Å². The Kier molecular flexibility index (Phi) is 2.64. The average Bonchev–Trinajstić information content (AvgIpc) is 2.78. The monoisotopic (exact) mass is 259 g/mol. The van der Waals surface area contributed by atoms with Crippen LogP contribution < -0.4 is 0 Å². The first-order valence-corrected chi connectivity index (χ1v) is 6.51. The van der Waals surface area contributed by atoms with Gasteiger partial charge in [-0.25, -0.2) is 0 Å². The predicted molar refractivity (Wildman–Crippen MR) is 72.1 cm³/mol. The fourth-order valence-corrected chi connectivity index (χ4v) is 2.90. The number of aliphatic carboxylic acids is 1. The Morgan fingerprint density at radius 3 is 2.95 bits per heavy atom. The Balaban J connectivity index is 2.22. The van der Waals surface area contributed by atoms with Gasteiger partial charge in [0.15, 0.2) is 0 Å². The number of rotatable bonds is 2. The lowest BCUT2D eigenvalue weighted by Gasteiger charge is -2.37. The summed E-state index contributed by atoms with van der Waals surface area (Å²) in [5.41, 5.74) is 2.35. The number of ether oxygens (including phenoxy) is 1. The third-order valence-electron chi connectivity index (χ3n) is 4.26. The largest absolute Gasteiger partial charge is 0.481 e. The molecule has 1 aromatic heterocycles. The van der Waals surface area contributed by atoms with Crippen LogP contribution >= 0.6 is 0 Å². The predicted octanol–water partition coefficient (Wildman–Crippen LogP) is 2.68. The van der Waals surface area contributed by atoms with Crippen molar-refractivity contribution in [1.29, 1.82) is 0 Å². The van der Waals surface area contributed by atoms with E-state index in [1.54, 1.807) is 6.92 Å². The van der Waals surface area contributed by atoms with Gasteiger partial charge < -0.3 is 14.8 Å². The van der Waals surface area contributed by atoms with Gasteiger partial charge in [0, 0.05) is 10.9 Å². The summed E-state index contributed by atoms with van der Waals surface area (Å²) in [5.74, 6) is -1.44. The van der Waals surface area contributed by atoms with E-state index in [4.69, 9.17) is 4.74 Å². The molecule has 0 spiro atoms. The second-order valence-corrected chi connectivity index (χ2v) is 5.29. The number of hydrogen-bond donors (Lipinski definition) is 2. The van der Waals surface area contributed by atoms with Crippen LogP contribution in [-0.4, -0.2) is 22.7 Å². The highest BCUT2D eigenvalue weighted by Gasteiger charge is 2.43. The number of fused-ring (bicyclic) bond motifs is 3. The van der Waals surface area contributed by atoms with Gasteiger partial charge in [-0.2, -0.15) is 0 Å². The lowest BCUT2D eigenvalue weighted by atomic mass is 9.83. The second-order valence-electron chi connectivity index (χ2n) is 5.29. The molecule has 0 fully saturated rings. The Morgan fingerprint density at radius 1 is 1.47 bits per heavy atom. The van der Waals surface area contributed by atoms with Gasteiger partial charge in [0.25, 0.3) is 0 Å². The molecule has 2 aromatic rings. The van der Waals surface area contributed by atoms with E-state index in [9.17, 15) is 9.90 Å². The molecule has 2 atom stereocenters. The van der Waals surface area contributed by atoms with Gasteiger partial charge >= 0.3 is 5.97 Å². The van der Waals surface area contributed by atoms with Crippen LogP contribution in [0.2, 0.25) is 0 Å². The minimum Gasteiger partial charge on any atom is -0.481 e. The van der Waals surface area contributed by atoms with E-state index in [-0.39, 0.29) is 0 Å². The molecule has 2 unspecified atom stereocenters. The number of benzene rings is 1. The zero-order chi connectivity index (χ0) is 13.6. The summed E-state index contributed by atoms with van der Waals surface area (Å²) in [6.07, 6.45) is 0.821. The molecule has 0 bridgehead atoms. The van der Waals surface area contributed by atoms with Crippen molar-refractivity contribution in [3.8, 4) is 0 Å². The molecule has 0 saturated heterocycles. The van der Waals surface area contributed by atoms with Crippen LogP contribution in [0.1, 0.15) is 25.1 Å². The molecule has 0 saturated carbocycles. The van der Waals surface area contributed by atoms with Gasteiger partial charge in [-0.1, -0.05) is 18.2 Å². The molecule has 1 aromatic carbocycles. The molecule has 3 rings (SSSR count). The fraction of sp³-hybridized carbons (Fsp3) is 0.400. The van der Waals surface area contributed by atoms with Crippen molar-refractivity contribution < 1.29 is 14.6 Å². The molecule has 2 N–H and O–H groups in total. The minimum absolute atomic E-state index is 0.558. The van der Waals surface area contributed by atoms with Gasteiger partial charge in [-0.15, -0.1) is 0 Å². The van der Waals surface area contributed by atoms with Crippen LogP contribution in [0, 0.1) is 5.92 Å². The highest BCUT2D eigenvalue weighted by atomic mass is 16.5. The average molecular weight is 259 g/mol. The van der Waals surface area contributed by atoms with E-state index in [1.807, 2.05) is 25.1 Å². The van der Waals surface area contributed by atoms with E-state index in [2.05, 4.69) is 11.1 Å². The smallest absolute Gasteiger partial charge is 0.309 e. The molecule has 0 radical (unpaired) electrons. The highest BCUT2D eigenvalue weighted by molar-refractivity contribution is 5.85. The Labute approximate surface area is 111 Å². The Hall–Kier alpha value is -1.81. The maximum absolute atomic E-state index is 11.3. The van der Waals surface area contributed by atoms with Crippen molar-refractivity contribution in [2.45, 2.75) is 25.9 Å². The lowest BCUT2D eigenvalue weighted by molar-refractivity contribution is -0.158. The molecular formula is C15H17NO3. The Bertz CT molecular complexity index is 646. The summed E-state index contributed by atoms with van der Waals surface area (Å²) in [4.78, 5) is 14.7. The van der Waals surface area contributed by atoms with E-state index in [0.29, 0.717) is 6.61 Å². The number of carbonyl (C=O) groups is 1. The van der Waals surface area contributed by atoms with Crippen LogP contribution in [0.25, 0.3) is 10.9 Å². The second kappa shape index (κ2) is 4.10. The highest BCUT2D eigenvalue weighted by Crippen LogP contribution is 2.41. The van der Waals surface area contributed by atoms with Gasteiger partial charge in [-0.05, 0) is 31.9 Å². The van der Waals surface area contributed by atoms with Gasteiger partial charge in [-0.3, -0.25) is 4.79 Å². The number of hydrogen-bond acceptors (Lipinski definition) is 2. The van der Waals surface area contributed by atoms with Crippen LogP contribution in [0.5, 0.6) is 0 Å². The fourth-order valence-electron chi connectivity index (χ4n) is 2.90. The summed E-state index contributed by atoms with van der Waals surface area (Å²) in [6, 6.07) is 8.06. The van der Waals surface area contributed by atoms with Crippen LogP contribution in [0.15, 0.2) is 24.3 Å². The minimum atomic E-state index is -0.839. The zero-order valence-corrected chi connectivity index (χ0v) is 11.1. The van der Waals surface area contributed by atoms with E-state index in [1.165, 1.54) is 10.9 Å². The van der Waals surface area contributed by atoms with E-state index in [0.717, 1.165) is 17.6 Å². The molecule has 100 valence electrons. The molecule has 0 amide bonds. The summed E-state index contributed by atoms with van der Waals surface area (Å²) < 4.78 is 5.83. The quantitative estimate of drug-likeness (QED) is 0.871. The van der Waals surface area contributed by atoms with Crippen molar-refractivity contribution in [1.82, 2.24) is 4.98 Å². The molecule has 2 heterocycles. The number of H-pyrrole nitrogens is 1. The first-order chi connectivity index (χ1) is 9.04. The third kappa shape index (κ3) is 1.67. The van der Waals surface area contributed by atoms with Crippen molar-refractivity contribution in [2.75, 3.05) is 6.61 Å². The maximum atomic E-state index is 11.3. The van der Waals surface area contributed by atoms with Crippen molar-refractivity contribution in [3.63, 3.8) is 0 Å². The Morgan fingerprint density at radius 2 is 2.21 bits per heavy atom. The number of para-hydroxylation sites is 1. The van der Waals surface area contributed by atoms with Gasteiger partial charge in [0.2, 0.25) is 0 Å². The normalized spacial score (nSPS) is 24.1. The van der Waals surface area contributed by atoms with Crippen molar-refractivity contribution in [3.05, 3.63) is 35.5 Å². The molecule has 19 heavy (non-hydrogen) atoms. The molecule has 4 nitrogen and oxygen atoms in total. The van der Waals surface area contributed by atoms with E-state index < -0.39 is 17.5 Å². The number of nitrogens with one attached hydrogen (secondary N) is 1. The molecular weight excluding hydrogens is 242 g/mol. The van der Waals surface area contributed by atoms with E-state index >= 15 is 0 Å². The van der Waals surface area contributed by atoms with Crippen molar-refractivity contribution >= 4 is 16.9 Å². The molecule has 4 heteroatoms. The summed E-state index contributed by atoms with van der Waals surface area (Å²) in [7, 11) is 0. The lowest BCUT2D eigenvalue weighted by Crippen LogP contribution is -2.42. The third-order valence-corrected chi connectivity index (χ3v) is 4.26. The summed E-state index contributed by atoms with van der Waals surface area (Å²) in [5, 5.41) is 10.5. The molecule has 1 aliphatic rings. The number of aromatic amines is 1. The SMILES string of the molecule is CC(C(=O)O)C1(C)OCCc2c1[nH]c1ccccc21. The van der Waals surface area contributed by atoms with Gasteiger partial charge in [0.05, 0.1) is 18.2 Å². The first-order valence-electron chi connectivity index (χ1n) is 6.51. The van der Waals surface area contributed by atoms with Crippen molar-refractivity contribution in [2.24, 2.45) is 5.92 Å². The van der Waals surface area contributed by atoms with Crippen LogP contribution in [0.3, 0.4) is 0 Å². The summed E-state index contributed by atoms with van der Waals surface area (Å²) in [6.45, 7) is 4.12. The number of carboxylic acid groups (broad SMARTS) is 1. The zero-order valence-electron chi connectivity index (χ0n) is 11.1. The number of carboxylic acids is 1. The summed E-state index contributed by atoms with van der Waals surface area (Å²) >= 11 is 0. The maximum Gasteiger partial charge on any atom is 0.309 e. The van der Waals surface area contributed by atoms with Gasteiger partial charge in [0.1, 0.15) is 5.60 Å². The first kappa shape index (κ1) is 12.2. The van der Waals surface area contributed by atoms with Crippen LogP contribution in [-0.2, 0) is 21.6 Å². The molecule has 1 aliphatic heterocycles. The molecule has 0 aliphatic carbocycles. The number of aromatic nitrogens is 1. The standard InChI is InChI=1S/C15H17NO3/c1-9(14(17)18)15(2)13-11(7-8-19-15)10-5-3-4-6-12(10)16-13/h3-6,9,16H,7-8H2,1-2H3,(H,17,18). The topological polar surface area (TPSA) is 62.3 Å².